The number of rotatable bonds is 6. The van der Waals surface area contributed by atoms with Crippen molar-refractivity contribution in [1.82, 2.24) is 9.88 Å². The number of carboxylic acid groups (broad SMARTS) is 1. The number of aromatic hydroxyl groups is 1. The lowest BCUT2D eigenvalue weighted by Gasteiger charge is -2.34. The van der Waals surface area contributed by atoms with Crippen LogP contribution in [-0.2, 0) is 0 Å². The monoisotopic (exact) mass is 511 g/mol. The van der Waals surface area contributed by atoms with Crippen LogP contribution in [0.25, 0.3) is 22.0 Å². The van der Waals surface area contributed by atoms with Gasteiger partial charge in [0.2, 0.25) is 0 Å². The lowest BCUT2D eigenvalue weighted by Crippen LogP contribution is -2.41. The maximum absolute atomic E-state index is 14.2. The number of fused-ring (bicyclic) bond motifs is 1. The molecule has 3 aromatic rings. The standard InChI is InChI=1S/C27H27ClFN3O4/c1-32(27(35)36)18-7-5-17(6-8-18)31-24-19-10-15(16-11-21(28)26(34)22(29)12-16)4-9-23(19)30-13-20(24)25(33)14-2-3-14/h4,9-14,17-18,34H,2-3,5-8H2,1H3,(H,30,31)(H,35,36)/t17-,18-. The zero-order chi connectivity index (χ0) is 25.6. The second-order valence-corrected chi connectivity index (χ2v) is 10.2. The number of phenolic OH excluding ortho intramolecular Hbond substituents is 1. The Morgan fingerprint density at radius 2 is 1.81 bits per heavy atom. The summed E-state index contributed by atoms with van der Waals surface area (Å²) in [6.45, 7) is 0. The van der Waals surface area contributed by atoms with E-state index in [0.717, 1.165) is 43.9 Å². The quantitative estimate of drug-likeness (QED) is 0.334. The zero-order valence-corrected chi connectivity index (χ0v) is 20.6. The van der Waals surface area contributed by atoms with Gasteiger partial charge in [0.25, 0.3) is 0 Å². The fourth-order valence-corrected chi connectivity index (χ4v) is 5.19. The third kappa shape index (κ3) is 4.69. The number of phenols is 1. The summed E-state index contributed by atoms with van der Waals surface area (Å²) in [6.07, 6.45) is 5.43. The summed E-state index contributed by atoms with van der Waals surface area (Å²) >= 11 is 6.01. The molecule has 36 heavy (non-hydrogen) atoms. The predicted molar refractivity (Wildman–Crippen MR) is 136 cm³/mol. The number of carbonyl (C=O) groups excluding carboxylic acids is 1. The summed E-state index contributed by atoms with van der Waals surface area (Å²) < 4.78 is 14.2. The third-order valence-electron chi connectivity index (χ3n) is 7.33. The van der Waals surface area contributed by atoms with E-state index in [0.29, 0.717) is 27.9 Å². The SMILES string of the molecule is CN(C(=O)O)[C@H]1CC[C@H](Nc2c(C(=O)C3CC3)cnc3ccc(-c4cc(F)c(O)c(Cl)c4)cc23)CC1. The van der Waals surface area contributed by atoms with Gasteiger partial charge in [0.15, 0.2) is 17.3 Å². The van der Waals surface area contributed by atoms with Crippen LogP contribution in [0.5, 0.6) is 5.75 Å². The van der Waals surface area contributed by atoms with E-state index in [1.165, 1.54) is 17.0 Å². The van der Waals surface area contributed by atoms with Crippen molar-refractivity contribution in [2.45, 2.75) is 50.6 Å². The Labute approximate surface area is 212 Å². The number of nitrogens with zero attached hydrogens (tertiary/aromatic N) is 2. The Hall–Kier alpha value is -3.39. The molecule has 7 nitrogen and oxygen atoms in total. The van der Waals surface area contributed by atoms with Crippen molar-refractivity contribution in [1.29, 1.82) is 0 Å². The highest BCUT2D eigenvalue weighted by molar-refractivity contribution is 6.32. The lowest BCUT2D eigenvalue weighted by atomic mass is 9.89. The highest BCUT2D eigenvalue weighted by Crippen LogP contribution is 2.39. The van der Waals surface area contributed by atoms with Crippen LogP contribution in [0.1, 0.15) is 48.9 Å². The number of aromatic nitrogens is 1. The molecule has 0 atom stereocenters. The largest absolute Gasteiger partial charge is 0.504 e. The molecule has 2 aliphatic carbocycles. The van der Waals surface area contributed by atoms with Crippen molar-refractivity contribution >= 4 is 40.1 Å². The number of pyridine rings is 1. The molecule has 9 heteroatoms. The number of Topliss-reactive ketones (excluding diaryl/α,β-unsaturated/α-hetero) is 1. The van der Waals surface area contributed by atoms with Crippen LogP contribution in [0, 0.1) is 11.7 Å². The first-order chi connectivity index (χ1) is 17.2. The van der Waals surface area contributed by atoms with Crippen LogP contribution in [0.15, 0.2) is 36.5 Å². The molecule has 1 amide bonds. The molecule has 0 aliphatic heterocycles. The number of nitrogens with one attached hydrogen (secondary N) is 1. The number of ketones is 1. The molecule has 1 aromatic heterocycles. The van der Waals surface area contributed by atoms with Gasteiger partial charge in [-0.15, -0.1) is 0 Å². The maximum atomic E-state index is 14.2. The summed E-state index contributed by atoms with van der Waals surface area (Å²) in [5.74, 6) is -1.32. The highest BCUT2D eigenvalue weighted by Gasteiger charge is 2.33. The summed E-state index contributed by atoms with van der Waals surface area (Å²) in [6, 6.07) is 8.26. The van der Waals surface area contributed by atoms with Gasteiger partial charge >= 0.3 is 6.09 Å². The van der Waals surface area contributed by atoms with Crippen molar-refractivity contribution in [3.8, 4) is 16.9 Å². The van der Waals surface area contributed by atoms with Crippen molar-refractivity contribution < 1.29 is 24.2 Å². The minimum Gasteiger partial charge on any atom is -0.504 e. The van der Waals surface area contributed by atoms with E-state index < -0.39 is 17.7 Å². The average Bonchev–Trinajstić information content (AvgIpc) is 3.72. The minimum atomic E-state index is -0.929. The van der Waals surface area contributed by atoms with E-state index in [2.05, 4.69) is 10.3 Å². The number of amides is 1. The molecule has 188 valence electrons. The van der Waals surface area contributed by atoms with E-state index in [1.54, 1.807) is 19.3 Å². The molecule has 0 bridgehead atoms. The van der Waals surface area contributed by atoms with Crippen molar-refractivity contribution in [2.75, 3.05) is 12.4 Å². The molecular formula is C27H27ClFN3O4. The summed E-state index contributed by atoms with van der Waals surface area (Å²) in [7, 11) is 1.60. The molecule has 5 rings (SSSR count). The van der Waals surface area contributed by atoms with E-state index in [4.69, 9.17) is 11.6 Å². The molecule has 3 N–H and O–H groups in total. The molecule has 2 aromatic carbocycles. The van der Waals surface area contributed by atoms with Crippen LogP contribution >= 0.6 is 11.6 Å². The summed E-state index contributed by atoms with van der Waals surface area (Å²) in [4.78, 5) is 30.4. The van der Waals surface area contributed by atoms with Crippen LogP contribution in [0.2, 0.25) is 5.02 Å². The van der Waals surface area contributed by atoms with Gasteiger partial charge in [-0.3, -0.25) is 9.78 Å². The molecular weight excluding hydrogens is 485 g/mol. The first-order valence-electron chi connectivity index (χ1n) is 12.1. The van der Waals surface area contributed by atoms with Gasteiger partial charge in [0, 0.05) is 36.6 Å². The Kier molecular flexibility index (Phi) is 6.47. The van der Waals surface area contributed by atoms with E-state index in [9.17, 15) is 24.2 Å². The molecule has 2 fully saturated rings. The molecule has 2 saturated carbocycles. The smallest absolute Gasteiger partial charge is 0.407 e. The maximum Gasteiger partial charge on any atom is 0.407 e. The number of hydrogen-bond acceptors (Lipinski definition) is 5. The number of benzene rings is 2. The van der Waals surface area contributed by atoms with Crippen LogP contribution in [0.3, 0.4) is 0 Å². The van der Waals surface area contributed by atoms with Crippen LogP contribution < -0.4 is 5.32 Å². The Morgan fingerprint density at radius 1 is 1.08 bits per heavy atom. The zero-order valence-electron chi connectivity index (χ0n) is 19.8. The minimum absolute atomic E-state index is 0.0120. The van der Waals surface area contributed by atoms with Crippen molar-refractivity contribution in [3.63, 3.8) is 0 Å². The van der Waals surface area contributed by atoms with Crippen LogP contribution in [0.4, 0.5) is 14.9 Å². The molecule has 0 unspecified atom stereocenters. The Bertz CT molecular complexity index is 1330. The second-order valence-electron chi connectivity index (χ2n) is 9.75. The van der Waals surface area contributed by atoms with Gasteiger partial charge in [-0.1, -0.05) is 17.7 Å². The van der Waals surface area contributed by atoms with Crippen LogP contribution in [-0.4, -0.2) is 51.1 Å². The molecule has 0 radical (unpaired) electrons. The number of hydrogen-bond donors (Lipinski definition) is 3. The van der Waals surface area contributed by atoms with Gasteiger partial charge in [-0.25, -0.2) is 9.18 Å². The highest BCUT2D eigenvalue weighted by atomic mass is 35.5. The normalized spacial score (nSPS) is 19.8. The van der Waals surface area contributed by atoms with Gasteiger partial charge in [-0.2, -0.15) is 0 Å². The fourth-order valence-electron chi connectivity index (χ4n) is 4.98. The topological polar surface area (TPSA) is 103 Å². The fraction of sp³-hybridized carbons (Fsp3) is 0.370. The number of halogens is 2. The first kappa shape index (κ1) is 24.3. The number of carbonyl (C=O) groups is 2. The molecule has 0 saturated heterocycles. The van der Waals surface area contributed by atoms with Crippen molar-refractivity contribution in [3.05, 3.63) is 52.9 Å². The molecule has 1 heterocycles. The average molecular weight is 512 g/mol. The van der Waals surface area contributed by atoms with E-state index in [1.807, 2.05) is 12.1 Å². The summed E-state index contributed by atoms with van der Waals surface area (Å²) in [5, 5.41) is 23.3. The van der Waals surface area contributed by atoms with Crippen molar-refractivity contribution in [2.24, 2.45) is 5.92 Å². The Morgan fingerprint density at radius 3 is 2.44 bits per heavy atom. The van der Waals surface area contributed by atoms with Gasteiger partial charge < -0.3 is 20.4 Å². The van der Waals surface area contributed by atoms with E-state index >= 15 is 0 Å². The molecule has 0 spiro atoms. The summed E-state index contributed by atoms with van der Waals surface area (Å²) in [5.41, 5.74) is 3.12. The van der Waals surface area contributed by atoms with Gasteiger partial charge in [0.05, 0.1) is 21.8 Å². The van der Waals surface area contributed by atoms with Gasteiger partial charge in [-0.05, 0) is 73.9 Å². The predicted octanol–water partition coefficient (Wildman–Crippen LogP) is 6.33. The molecule has 2 aliphatic rings. The third-order valence-corrected chi connectivity index (χ3v) is 7.61. The first-order valence-corrected chi connectivity index (χ1v) is 12.5. The van der Waals surface area contributed by atoms with E-state index in [-0.39, 0.29) is 28.8 Å². The lowest BCUT2D eigenvalue weighted by molar-refractivity contribution is 0.0967. The van der Waals surface area contributed by atoms with Gasteiger partial charge in [0.1, 0.15) is 0 Å². The number of anilines is 1. The second kappa shape index (κ2) is 9.58. The Balaban J connectivity index is 1.52.